The number of aliphatic hydroxyl groups is 2. The number of rotatable bonds is 8. The summed E-state index contributed by atoms with van der Waals surface area (Å²) in [5.41, 5.74) is -3.62. The SMILES string of the molecule is C[C@@]1(O)[C@H](O)[C@@H](CO[P+](=S)OP(=O)(O)OP(=O)(O)O)O[C@H]1n1ccc(=O)[nH]c1=O. The molecule has 1 fully saturated rings. The number of H-pyrrole nitrogens is 1. The summed E-state index contributed by atoms with van der Waals surface area (Å²) < 4.78 is 41.0. The molecule has 6 atom stereocenters. The van der Waals surface area contributed by atoms with Gasteiger partial charge in [-0.3, -0.25) is 19.2 Å². The highest BCUT2D eigenvalue weighted by Gasteiger charge is 2.54. The number of phosphoric acid groups is 2. The van der Waals surface area contributed by atoms with Gasteiger partial charge in [-0.2, -0.15) is 4.31 Å². The molecule has 1 aliphatic rings. The average molecular weight is 497 g/mol. The summed E-state index contributed by atoms with van der Waals surface area (Å²) in [6, 6.07) is 0.993. The molecule has 29 heavy (non-hydrogen) atoms. The van der Waals surface area contributed by atoms with E-state index in [1.165, 1.54) is 0 Å². The molecule has 6 N–H and O–H groups in total. The first-order valence-corrected chi connectivity index (χ1v) is 12.6. The van der Waals surface area contributed by atoms with E-state index in [1.807, 2.05) is 4.98 Å². The lowest BCUT2D eigenvalue weighted by Crippen LogP contribution is -2.46. The topological polar surface area (TPSA) is 227 Å². The molecular weight excluding hydrogens is 481 g/mol. The predicted octanol–water partition coefficient (Wildman–Crippen LogP) is -1.44. The van der Waals surface area contributed by atoms with Gasteiger partial charge in [-0.15, -0.1) is 4.52 Å². The van der Waals surface area contributed by atoms with Crippen LogP contribution in [0.1, 0.15) is 13.2 Å². The van der Waals surface area contributed by atoms with E-state index in [0.717, 1.165) is 23.8 Å². The monoisotopic (exact) mass is 497 g/mol. The summed E-state index contributed by atoms with van der Waals surface area (Å²) in [5.74, 6) is 0. The molecule has 0 spiro atoms. The Morgan fingerprint density at radius 1 is 1.38 bits per heavy atom. The van der Waals surface area contributed by atoms with Gasteiger partial charge in [0.05, 0.1) is 0 Å². The van der Waals surface area contributed by atoms with E-state index in [2.05, 4.69) is 20.4 Å². The molecule has 1 aromatic heterocycles. The molecule has 2 unspecified atom stereocenters. The van der Waals surface area contributed by atoms with Gasteiger partial charge >= 0.3 is 28.5 Å². The van der Waals surface area contributed by atoms with Gasteiger partial charge in [-0.1, -0.05) is 0 Å². The number of aliphatic hydroxyl groups excluding tert-OH is 1. The van der Waals surface area contributed by atoms with Crippen LogP contribution in [-0.2, 0) is 38.8 Å². The van der Waals surface area contributed by atoms with E-state index in [-0.39, 0.29) is 0 Å². The third kappa shape index (κ3) is 6.39. The van der Waals surface area contributed by atoms with Gasteiger partial charge in [-0.25, -0.2) is 13.9 Å². The lowest BCUT2D eigenvalue weighted by atomic mass is 9.96. The number of aromatic nitrogens is 2. The molecule has 1 saturated heterocycles. The molecule has 0 aliphatic carbocycles. The Morgan fingerprint density at radius 2 is 2.00 bits per heavy atom. The Hall–Kier alpha value is -0.700. The van der Waals surface area contributed by atoms with Crippen molar-refractivity contribution >= 4 is 34.6 Å². The molecule has 1 aliphatic heterocycles. The molecule has 0 amide bonds. The van der Waals surface area contributed by atoms with Crippen molar-refractivity contribution in [3.8, 4) is 0 Å². The quantitative estimate of drug-likeness (QED) is 0.226. The van der Waals surface area contributed by atoms with Crippen molar-refractivity contribution in [2.45, 2.75) is 31.0 Å². The fourth-order valence-corrected chi connectivity index (χ4v) is 5.92. The summed E-state index contributed by atoms with van der Waals surface area (Å²) in [6.45, 7) is 0.555. The standard InChI is InChI=1S/C10H15N2O13P3S/c1-10(16)7(14)5(23-8(10)12-3-2-6(13)11-9(12)15)4-22-26(29)24-28(20,21)25-27(17,18)19/h2-3,5,7-8,14,16H,4H2,1H3,(H3-,11,13,15,17,18,19,20,21)/p+1/t5-,7-,8-,10-/m1/s1. The van der Waals surface area contributed by atoms with Gasteiger partial charge < -0.3 is 24.7 Å². The molecule has 15 nitrogen and oxygen atoms in total. The highest BCUT2D eigenvalue weighted by Crippen LogP contribution is 2.62. The van der Waals surface area contributed by atoms with Gasteiger partial charge in [0.25, 0.3) is 5.56 Å². The van der Waals surface area contributed by atoms with Crippen LogP contribution >= 0.6 is 22.8 Å². The van der Waals surface area contributed by atoms with Crippen molar-refractivity contribution in [2.24, 2.45) is 0 Å². The minimum Gasteiger partial charge on any atom is -0.387 e. The largest absolute Gasteiger partial charge is 0.532 e. The molecule has 2 rings (SSSR count). The molecule has 0 aromatic carbocycles. The van der Waals surface area contributed by atoms with E-state index in [4.69, 9.17) is 19.0 Å². The fraction of sp³-hybridized carbons (Fsp3) is 0.600. The summed E-state index contributed by atoms with van der Waals surface area (Å²) >= 11 is 4.62. The van der Waals surface area contributed by atoms with Crippen LogP contribution in [-0.4, -0.2) is 58.9 Å². The van der Waals surface area contributed by atoms with Crippen molar-refractivity contribution in [1.82, 2.24) is 9.55 Å². The molecule has 1 aromatic rings. The lowest BCUT2D eigenvalue weighted by Gasteiger charge is -2.27. The van der Waals surface area contributed by atoms with Gasteiger partial charge in [0.2, 0.25) is 11.8 Å². The maximum absolute atomic E-state index is 11.9. The van der Waals surface area contributed by atoms with E-state index in [1.54, 1.807) is 0 Å². The Balaban J connectivity index is 2.06. The second kappa shape index (κ2) is 8.81. The minimum atomic E-state index is -5.35. The Kier molecular flexibility index (Phi) is 7.46. The number of ether oxygens (including phenoxy) is 1. The molecule has 0 saturated carbocycles. The van der Waals surface area contributed by atoms with E-state index in [9.17, 15) is 33.8 Å². The lowest BCUT2D eigenvalue weighted by molar-refractivity contribution is -0.0983. The van der Waals surface area contributed by atoms with Crippen molar-refractivity contribution < 1.29 is 51.9 Å². The maximum atomic E-state index is 11.9. The second-order valence-corrected chi connectivity index (χ2v) is 10.7. The smallest absolute Gasteiger partial charge is 0.387 e. The van der Waals surface area contributed by atoms with Gasteiger partial charge in [0.15, 0.2) is 6.23 Å². The van der Waals surface area contributed by atoms with Crippen LogP contribution in [0.25, 0.3) is 0 Å². The van der Waals surface area contributed by atoms with Crippen LogP contribution in [0, 0.1) is 0 Å². The van der Waals surface area contributed by atoms with Crippen LogP contribution in [0.3, 0.4) is 0 Å². The molecule has 19 heteroatoms. The molecule has 0 bridgehead atoms. The second-order valence-electron chi connectivity index (χ2n) is 5.86. The number of aromatic amines is 1. The average Bonchev–Trinajstić information content (AvgIpc) is 2.73. The minimum absolute atomic E-state index is 0.600. The van der Waals surface area contributed by atoms with E-state index >= 15 is 0 Å². The zero-order valence-electron chi connectivity index (χ0n) is 14.3. The molecule has 0 radical (unpaired) electrons. The number of nitrogens with one attached hydrogen (secondary N) is 1. The van der Waals surface area contributed by atoms with Gasteiger partial charge in [0, 0.05) is 12.3 Å². The highest BCUT2D eigenvalue weighted by atomic mass is 32.4. The van der Waals surface area contributed by atoms with E-state index in [0.29, 0.717) is 0 Å². The third-order valence-electron chi connectivity index (χ3n) is 3.58. The normalized spacial score (nSPS) is 30.1. The van der Waals surface area contributed by atoms with Gasteiger partial charge in [0.1, 0.15) is 24.4 Å². The van der Waals surface area contributed by atoms with Crippen molar-refractivity contribution in [3.05, 3.63) is 33.1 Å². The van der Waals surface area contributed by atoms with Crippen LogP contribution < -0.4 is 11.2 Å². The van der Waals surface area contributed by atoms with Crippen molar-refractivity contribution in [2.75, 3.05) is 6.61 Å². The molecule has 164 valence electrons. The van der Waals surface area contributed by atoms with Crippen molar-refractivity contribution in [3.63, 3.8) is 0 Å². The summed E-state index contributed by atoms with van der Waals surface area (Å²) in [7, 11) is -13.2. The van der Waals surface area contributed by atoms with Crippen molar-refractivity contribution in [1.29, 1.82) is 0 Å². The van der Waals surface area contributed by atoms with E-state index < -0.39 is 64.7 Å². The molecular formula is C10H16N2O13P3S+. The molecule has 2 heterocycles. The summed E-state index contributed by atoms with van der Waals surface area (Å²) in [5, 5.41) is 20.7. The Bertz CT molecular complexity index is 986. The van der Waals surface area contributed by atoms with Crippen LogP contribution in [0.4, 0.5) is 0 Å². The zero-order valence-corrected chi connectivity index (χ0v) is 17.8. The first-order valence-electron chi connectivity index (χ1n) is 7.39. The first-order chi connectivity index (χ1) is 13.1. The van der Waals surface area contributed by atoms with Crippen LogP contribution in [0.5, 0.6) is 0 Å². The van der Waals surface area contributed by atoms with Crippen LogP contribution in [0.15, 0.2) is 21.9 Å². The Morgan fingerprint density at radius 3 is 2.55 bits per heavy atom. The number of nitrogens with zero attached hydrogens (tertiary/aromatic N) is 1. The Labute approximate surface area is 167 Å². The summed E-state index contributed by atoms with van der Waals surface area (Å²) in [4.78, 5) is 51.2. The van der Waals surface area contributed by atoms with Crippen LogP contribution in [0.2, 0.25) is 0 Å². The first kappa shape index (κ1) is 24.6. The predicted molar refractivity (Wildman–Crippen MR) is 96.1 cm³/mol. The third-order valence-corrected chi connectivity index (χ3v) is 7.89. The van der Waals surface area contributed by atoms with Gasteiger partial charge in [-0.05, 0) is 11.2 Å². The number of hydrogen-bond acceptors (Lipinski definition) is 11. The zero-order chi connectivity index (χ0) is 22.2. The number of hydrogen-bond donors (Lipinski definition) is 6. The highest BCUT2D eigenvalue weighted by molar-refractivity contribution is 8.02. The fourth-order valence-electron chi connectivity index (χ4n) is 2.38. The summed E-state index contributed by atoms with van der Waals surface area (Å²) in [6.07, 6.45) is -3.32. The maximum Gasteiger partial charge on any atom is 0.532 e.